The van der Waals surface area contributed by atoms with Gasteiger partial charge in [-0.15, -0.1) is 12.4 Å². The van der Waals surface area contributed by atoms with Crippen molar-refractivity contribution < 1.29 is 28.7 Å². The van der Waals surface area contributed by atoms with Gasteiger partial charge in [0.15, 0.2) is 0 Å². The van der Waals surface area contributed by atoms with Gasteiger partial charge in [-0.05, 0) is 0 Å². The largest absolute Gasteiger partial charge is 0.468 e. The third kappa shape index (κ3) is 15.2. The number of halogens is 2. The summed E-state index contributed by atoms with van der Waals surface area (Å²) in [4.78, 5) is 43.9. The monoisotopic (exact) mass is 458 g/mol. The summed E-state index contributed by atoms with van der Waals surface area (Å²) in [5, 5.41) is 3.38. The molecule has 0 amide bonds. The highest BCUT2D eigenvalue weighted by atomic mass is 79.9. The van der Waals surface area contributed by atoms with Crippen LogP contribution in [0.2, 0.25) is 0 Å². The maximum absolute atomic E-state index is 10.8. The first-order chi connectivity index (χ1) is 11.9. The molecule has 1 N–H and O–H groups in total. The smallest absolute Gasteiger partial charge is 0.319 e. The highest BCUT2D eigenvalue weighted by Crippen LogP contribution is 2.04. The van der Waals surface area contributed by atoms with Gasteiger partial charge < -0.3 is 14.8 Å². The molecule has 0 aromatic heterocycles. The van der Waals surface area contributed by atoms with Crippen LogP contribution in [0, 0.1) is 0 Å². The molecule has 0 saturated carbocycles. The topological polar surface area (TPSA) is 102 Å². The molecule has 2 heterocycles. The Balaban J connectivity index is 0. The van der Waals surface area contributed by atoms with Crippen LogP contribution in [-0.2, 0) is 28.7 Å². The average Bonchev–Trinajstić information content (AvgIpc) is 2.64. The van der Waals surface area contributed by atoms with Crippen LogP contribution >= 0.6 is 28.3 Å². The molecule has 10 heteroatoms. The number of methoxy groups -OCH3 is 2. The van der Waals surface area contributed by atoms with Gasteiger partial charge in [-0.2, -0.15) is 0 Å². The Hall–Kier alpha value is -1.03. The van der Waals surface area contributed by atoms with Crippen molar-refractivity contribution in [1.29, 1.82) is 0 Å². The number of rotatable bonds is 3. The minimum absolute atomic E-state index is 0. The molecule has 0 aliphatic carbocycles. The van der Waals surface area contributed by atoms with Crippen LogP contribution in [0.4, 0.5) is 0 Å². The van der Waals surface area contributed by atoms with Gasteiger partial charge in [-0.25, -0.2) is 0 Å². The van der Waals surface area contributed by atoms with E-state index < -0.39 is 0 Å². The first kappa shape index (κ1) is 27.2. The number of piperidine rings is 2. The van der Waals surface area contributed by atoms with Crippen molar-refractivity contribution in [2.45, 2.75) is 25.7 Å². The number of Topliss-reactive ketones (excluding diaryl/α,β-unsaturated/α-hetero) is 2. The summed E-state index contributed by atoms with van der Waals surface area (Å²) in [5.74, 6) is 0.217. The molecule has 8 nitrogen and oxygen atoms in total. The summed E-state index contributed by atoms with van der Waals surface area (Å²) in [5.41, 5.74) is 0. The van der Waals surface area contributed by atoms with Crippen molar-refractivity contribution >= 4 is 51.8 Å². The van der Waals surface area contributed by atoms with Crippen molar-refractivity contribution in [1.82, 2.24) is 10.2 Å². The van der Waals surface area contributed by atoms with E-state index in [1.807, 2.05) is 4.90 Å². The minimum atomic E-state index is -0.241. The summed E-state index contributed by atoms with van der Waals surface area (Å²) in [6, 6.07) is 0. The summed E-state index contributed by atoms with van der Waals surface area (Å²) < 4.78 is 8.73. The van der Waals surface area contributed by atoms with Gasteiger partial charge in [-0.1, -0.05) is 15.9 Å². The Morgan fingerprint density at radius 3 is 1.73 bits per heavy atom. The number of esters is 2. The van der Waals surface area contributed by atoms with Gasteiger partial charge in [-0.3, -0.25) is 24.1 Å². The molecule has 0 bridgehead atoms. The Kier molecular flexibility index (Phi) is 18.2. The average molecular weight is 460 g/mol. The molecular weight excluding hydrogens is 432 g/mol. The number of carbonyl (C=O) groups excluding carboxylic acids is 4. The Bertz CT molecular complexity index is 426. The molecule has 2 rings (SSSR count). The highest BCUT2D eigenvalue weighted by Gasteiger charge is 2.18. The quantitative estimate of drug-likeness (QED) is 0.487. The maximum Gasteiger partial charge on any atom is 0.319 e. The zero-order valence-corrected chi connectivity index (χ0v) is 17.7. The third-order valence-corrected chi connectivity index (χ3v) is 3.95. The number of likely N-dealkylation sites (tertiary alicyclic amines) is 1. The maximum atomic E-state index is 10.8. The number of carbonyl (C=O) groups is 4. The van der Waals surface area contributed by atoms with Gasteiger partial charge in [0.05, 0.1) is 20.8 Å². The first-order valence-electron chi connectivity index (χ1n) is 8.09. The van der Waals surface area contributed by atoms with Gasteiger partial charge in [0.25, 0.3) is 0 Å². The van der Waals surface area contributed by atoms with Crippen LogP contribution in [0.1, 0.15) is 25.7 Å². The number of ether oxygens (including phenoxy) is 2. The number of nitrogens with zero attached hydrogens (tertiary/aromatic N) is 1. The van der Waals surface area contributed by atoms with Crippen LogP contribution in [0.15, 0.2) is 0 Å². The fourth-order valence-electron chi connectivity index (χ4n) is 1.97. The lowest BCUT2D eigenvalue weighted by Gasteiger charge is -2.24. The van der Waals surface area contributed by atoms with E-state index in [0.717, 1.165) is 25.9 Å². The molecule has 152 valence electrons. The molecule has 0 aromatic rings. The van der Waals surface area contributed by atoms with E-state index in [4.69, 9.17) is 0 Å². The first-order valence-corrected chi connectivity index (χ1v) is 9.21. The zero-order chi connectivity index (χ0) is 19.1. The normalized spacial score (nSPS) is 16.7. The van der Waals surface area contributed by atoms with Crippen LogP contribution < -0.4 is 5.32 Å². The van der Waals surface area contributed by atoms with E-state index >= 15 is 0 Å². The lowest BCUT2D eigenvalue weighted by molar-refractivity contribution is -0.143. The fraction of sp³-hybridized carbons (Fsp3) is 0.750. The predicted molar refractivity (Wildman–Crippen MR) is 103 cm³/mol. The van der Waals surface area contributed by atoms with E-state index in [0.29, 0.717) is 38.3 Å². The predicted octanol–water partition coefficient (Wildman–Crippen LogP) is 0.739. The van der Waals surface area contributed by atoms with Crippen molar-refractivity contribution in [3.63, 3.8) is 0 Å². The fourth-order valence-corrected chi connectivity index (χ4v) is 2.20. The molecule has 0 unspecified atom stereocenters. The van der Waals surface area contributed by atoms with Gasteiger partial charge in [0.1, 0.15) is 16.9 Å². The molecule has 0 spiro atoms. The summed E-state index contributed by atoms with van der Waals surface area (Å²) in [6.07, 6.45) is 2.61. The molecule has 2 aliphatic rings. The van der Waals surface area contributed by atoms with E-state index in [1.54, 1.807) is 0 Å². The van der Waals surface area contributed by atoms with Gasteiger partial charge in [0, 0.05) is 51.9 Å². The molecule has 26 heavy (non-hydrogen) atoms. The summed E-state index contributed by atoms with van der Waals surface area (Å²) in [6.45, 7) is 3.46. The van der Waals surface area contributed by atoms with E-state index in [9.17, 15) is 19.2 Å². The van der Waals surface area contributed by atoms with E-state index in [1.165, 1.54) is 14.2 Å². The minimum Gasteiger partial charge on any atom is -0.468 e. The highest BCUT2D eigenvalue weighted by molar-refractivity contribution is 9.09. The lowest BCUT2D eigenvalue weighted by atomic mass is 10.1. The molecule has 0 radical (unpaired) electrons. The summed E-state index contributed by atoms with van der Waals surface area (Å²) in [7, 11) is 2.72. The second-order valence-electron chi connectivity index (χ2n) is 5.39. The molecule has 0 atom stereocenters. The number of ketones is 2. The van der Waals surface area contributed by atoms with E-state index in [2.05, 4.69) is 30.7 Å². The van der Waals surface area contributed by atoms with Gasteiger partial charge in [0.2, 0.25) is 0 Å². The number of alkyl halides is 1. The van der Waals surface area contributed by atoms with Crippen molar-refractivity contribution in [2.75, 3.05) is 52.3 Å². The van der Waals surface area contributed by atoms with Crippen molar-refractivity contribution in [3.8, 4) is 0 Å². The van der Waals surface area contributed by atoms with E-state index in [-0.39, 0.29) is 35.5 Å². The molecular formula is C16H28BrClN2O6. The van der Waals surface area contributed by atoms with Gasteiger partial charge >= 0.3 is 11.9 Å². The molecule has 2 aliphatic heterocycles. The van der Waals surface area contributed by atoms with Crippen LogP contribution in [0.3, 0.4) is 0 Å². The van der Waals surface area contributed by atoms with Crippen LogP contribution in [0.25, 0.3) is 0 Å². The Morgan fingerprint density at radius 2 is 1.42 bits per heavy atom. The van der Waals surface area contributed by atoms with Crippen LogP contribution in [0.5, 0.6) is 0 Å². The van der Waals surface area contributed by atoms with Crippen LogP contribution in [-0.4, -0.2) is 80.7 Å². The number of hydrogen-bond acceptors (Lipinski definition) is 8. The second-order valence-corrected chi connectivity index (χ2v) is 5.95. The third-order valence-electron chi connectivity index (χ3n) is 3.49. The molecule has 0 aromatic carbocycles. The second kappa shape index (κ2) is 17.4. The Morgan fingerprint density at radius 1 is 0.962 bits per heavy atom. The number of hydrogen-bond donors (Lipinski definition) is 1. The molecule has 2 saturated heterocycles. The zero-order valence-electron chi connectivity index (χ0n) is 15.3. The molecule has 2 fully saturated rings. The van der Waals surface area contributed by atoms with Crippen molar-refractivity contribution in [2.24, 2.45) is 0 Å². The summed E-state index contributed by atoms with van der Waals surface area (Å²) >= 11 is 2.90. The number of nitrogens with one attached hydrogen (secondary N) is 1. The SMILES string of the molecule is COC(=O)CBr.COC(=O)CN1CCC(=O)CC1.Cl.O=C1CCNCC1. The Labute approximate surface area is 168 Å². The van der Waals surface area contributed by atoms with Crippen molar-refractivity contribution in [3.05, 3.63) is 0 Å². The lowest BCUT2D eigenvalue weighted by Crippen LogP contribution is -2.37. The standard InChI is InChI=1S/C8H13NO3.C5H9NO.C3H5BrO2.ClH/c1-12-8(11)6-9-4-2-7(10)3-5-9;7-5-1-3-6-4-2-5;1-6-3(5)2-4;/h2-6H2,1H3;6H,1-4H2;2H2,1H3;1H.